The summed E-state index contributed by atoms with van der Waals surface area (Å²) in [4.78, 5) is 14.2. The molecule has 0 saturated carbocycles. The molecule has 7 nitrogen and oxygen atoms in total. The second kappa shape index (κ2) is 12.8. The SMILES string of the molecule is CCN(C(C)=O)c1ccc2cc(-c3nn(COCC[Si](C)(C)C)c4c3CCC(C)(C)C4)n(COCC[Si](C)(C)C)c2c1. The molecule has 42 heavy (non-hydrogen) atoms. The van der Waals surface area contributed by atoms with E-state index in [4.69, 9.17) is 14.6 Å². The number of anilines is 1. The van der Waals surface area contributed by atoms with Crippen molar-refractivity contribution in [2.75, 3.05) is 24.7 Å². The highest BCUT2D eigenvalue weighted by Gasteiger charge is 2.32. The summed E-state index contributed by atoms with van der Waals surface area (Å²) < 4.78 is 17.0. The van der Waals surface area contributed by atoms with Crippen LogP contribution in [-0.4, -0.2) is 56.2 Å². The minimum atomic E-state index is -1.22. The Labute approximate surface area is 255 Å². The number of aromatic nitrogens is 3. The zero-order chi connectivity index (χ0) is 30.9. The van der Waals surface area contributed by atoms with E-state index in [2.05, 4.69) is 86.6 Å². The van der Waals surface area contributed by atoms with Crippen molar-refractivity contribution in [2.24, 2.45) is 5.41 Å². The maximum absolute atomic E-state index is 12.4. The second-order valence-corrected chi connectivity index (χ2v) is 26.5. The van der Waals surface area contributed by atoms with Gasteiger partial charge in [0.15, 0.2) is 0 Å². The average Bonchev–Trinajstić information content (AvgIpc) is 3.40. The molecular formula is C33H54N4O3Si2. The Balaban J connectivity index is 1.77. The van der Waals surface area contributed by atoms with Crippen molar-refractivity contribution in [2.45, 2.75) is 112 Å². The highest BCUT2D eigenvalue weighted by atomic mass is 28.3. The van der Waals surface area contributed by atoms with E-state index in [0.717, 1.165) is 72.5 Å². The van der Waals surface area contributed by atoms with Crippen LogP contribution in [0.1, 0.15) is 45.4 Å². The van der Waals surface area contributed by atoms with Crippen molar-refractivity contribution in [3.8, 4) is 11.4 Å². The Morgan fingerprint density at radius 2 is 1.64 bits per heavy atom. The van der Waals surface area contributed by atoms with Gasteiger partial charge in [-0.05, 0) is 61.9 Å². The number of amides is 1. The number of hydrogen-bond donors (Lipinski definition) is 0. The molecule has 1 aliphatic carbocycles. The van der Waals surface area contributed by atoms with E-state index in [1.54, 1.807) is 6.92 Å². The van der Waals surface area contributed by atoms with E-state index in [1.165, 1.54) is 11.3 Å². The van der Waals surface area contributed by atoms with Gasteiger partial charge in [0.1, 0.15) is 19.2 Å². The number of rotatable bonds is 13. The van der Waals surface area contributed by atoms with Crippen LogP contribution in [-0.2, 0) is 40.6 Å². The van der Waals surface area contributed by atoms with Crippen LogP contribution in [0.5, 0.6) is 0 Å². The van der Waals surface area contributed by atoms with Crippen molar-refractivity contribution in [1.29, 1.82) is 0 Å². The number of nitrogens with zero attached hydrogens (tertiary/aromatic N) is 4. The zero-order valence-corrected chi connectivity index (χ0v) is 29.9. The first kappa shape index (κ1) is 32.7. The van der Waals surface area contributed by atoms with Crippen molar-refractivity contribution in [3.63, 3.8) is 0 Å². The molecule has 2 aromatic heterocycles. The highest BCUT2D eigenvalue weighted by Crippen LogP contribution is 2.41. The lowest BCUT2D eigenvalue weighted by Gasteiger charge is -2.30. The van der Waals surface area contributed by atoms with Gasteiger partial charge < -0.3 is 18.9 Å². The molecule has 0 saturated heterocycles. The molecule has 0 atom stereocenters. The highest BCUT2D eigenvalue weighted by molar-refractivity contribution is 6.76. The molecule has 3 aromatic rings. The van der Waals surface area contributed by atoms with E-state index in [9.17, 15) is 4.79 Å². The summed E-state index contributed by atoms with van der Waals surface area (Å²) >= 11 is 0. The lowest BCUT2D eigenvalue weighted by Crippen LogP contribution is -2.27. The minimum Gasteiger partial charge on any atom is -0.361 e. The van der Waals surface area contributed by atoms with E-state index in [1.807, 2.05) is 11.8 Å². The van der Waals surface area contributed by atoms with Gasteiger partial charge in [0.2, 0.25) is 5.91 Å². The van der Waals surface area contributed by atoms with E-state index in [-0.39, 0.29) is 11.3 Å². The van der Waals surface area contributed by atoms with Gasteiger partial charge in [-0.2, -0.15) is 5.10 Å². The van der Waals surface area contributed by atoms with Gasteiger partial charge in [0.05, 0.1) is 11.2 Å². The van der Waals surface area contributed by atoms with Crippen LogP contribution < -0.4 is 4.90 Å². The fourth-order valence-electron chi connectivity index (χ4n) is 5.71. The lowest BCUT2D eigenvalue weighted by molar-refractivity contribution is -0.116. The number of hydrogen-bond acceptors (Lipinski definition) is 4. The fraction of sp³-hybridized carbons (Fsp3) is 0.636. The predicted octanol–water partition coefficient (Wildman–Crippen LogP) is 8.02. The number of fused-ring (bicyclic) bond motifs is 2. The van der Waals surface area contributed by atoms with Gasteiger partial charge in [-0.3, -0.25) is 4.79 Å². The third-order valence-electron chi connectivity index (χ3n) is 8.43. The van der Waals surface area contributed by atoms with Gasteiger partial charge in [0, 0.05) is 65.2 Å². The van der Waals surface area contributed by atoms with E-state index >= 15 is 0 Å². The van der Waals surface area contributed by atoms with E-state index < -0.39 is 16.1 Å². The maximum atomic E-state index is 12.4. The van der Waals surface area contributed by atoms with Crippen LogP contribution in [0.4, 0.5) is 5.69 Å². The molecule has 232 valence electrons. The van der Waals surface area contributed by atoms with Crippen molar-refractivity contribution >= 4 is 38.6 Å². The van der Waals surface area contributed by atoms with Gasteiger partial charge in [0.25, 0.3) is 0 Å². The van der Waals surface area contributed by atoms with Crippen molar-refractivity contribution in [3.05, 3.63) is 35.5 Å². The summed E-state index contributed by atoms with van der Waals surface area (Å²) in [6, 6.07) is 10.8. The van der Waals surface area contributed by atoms with Gasteiger partial charge >= 0.3 is 0 Å². The predicted molar refractivity (Wildman–Crippen MR) is 181 cm³/mol. The molecule has 0 aliphatic heterocycles. The lowest BCUT2D eigenvalue weighted by atomic mass is 9.76. The number of ether oxygens (including phenoxy) is 2. The maximum Gasteiger partial charge on any atom is 0.223 e. The standard InChI is InChI=1S/C33H54N4O3Si2/c1-11-35(25(2)38)27-13-12-26-20-30(36(29(26)21-27)23-39-16-18-41(5,6)7)32-28-14-15-33(3,4)22-31(28)37(34-32)24-40-17-19-42(8,9)10/h12-13,20-21H,11,14-19,22-24H2,1-10H3. The number of carbonyl (C=O) groups excluding carboxylic acids is 1. The van der Waals surface area contributed by atoms with Gasteiger partial charge in [-0.25, -0.2) is 4.68 Å². The number of carbonyl (C=O) groups is 1. The number of benzene rings is 1. The molecule has 1 aromatic carbocycles. The van der Waals surface area contributed by atoms with Gasteiger partial charge in [-0.15, -0.1) is 0 Å². The molecule has 0 radical (unpaired) electrons. The Bertz CT molecular complexity index is 1390. The molecule has 2 heterocycles. The van der Waals surface area contributed by atoms with Crippen LogP contribution in [0, 0.1) is 5.41 Å². The Hall–Kier alpha value is -2.21. The summed E-state index contributed by atoms with van der Waals surface area (Å²) in [7, 11) is -2.38. The van der Waals surface area contributed by atoms with Crippen molar-refractivity contribution in [1.82, 2.24) is 14.3 Å². The smallest absolute Gasteiger partial charge is 0.223 e. The molecule has 0 bridgehead atoms. The zero-order valence-electron chi connectivity index (χ0n) is 27.9. The first-order valence-corrected chi connectivity index (χ1v) is 23.2. The van der Waals surface area contributed by atoms with Gasteiger partial charge in [-0.1, -0.05) is 59.2 Å². The Morgan fingerprint density at radius 1 is 1.00 bits per heavy atom. The quantitative estimate of drug-likeness (QED) is 0.145. The van der Waals surface area contributed by atoms with Crippen LogP contribution in [0.25, 0.3) is 22.3 Å². The molecule has 1 amide bonds. The average molecular weight is 611 g/mol. The molecule has 4 rings (SSSR count). The molecule has 0 spiro atoms. The second-order valence-electron chi connectivity index (χ2n) is 15.3. The summed E-state index contributed by atoms with van der Waals surface area (Å²) in [5.74, 6) is 0.0473. The topological polar surface area (TPSA) is 61.5 Å². The first-order chi connectivity index (χ1) is 19.6. The van der Waals surface area contributed by atoms with Crippen molar-refractivity contribution < 1.29 is 14.3 Å². The third kappa shape index (κ3) is 8.04. The first-order valence-electron chi connectivity index (χ1n) is 15.7. The molecule has 0 fully saturated rings. The molecular weight excluding hydrogens is 557 g/mol. The monoisotopic (exact) mass is 610 g/mol. The molecule has 9 heteroatoms. The normalized spacial score (nSPS) is 15.3. The largest absolute Gasteiger partial charge is 0.361 e. The summed E-state index contributed by atoms with van der Waals surface area (Å²) in [5, 5.41) is 6.39. The summed E-state index contributed by atoms with van der Waals surface area (Å²) in [5.41, 5.74) is 6.99. The Morgan fingerprint density at radius 3 is 2.24 bits per heavy atom. The van der Waals surface area contributed by atoms with Crippen LogP contribution in [0.2, 0.25) is 51.4 Å². The fourth-order valence-corrected chi connectivity index (χ4v) is 7.22. The minimum absolute atomic E-state index is 0.0473. The van der Waals surface area contributed by atoms with Crippen LogP contribution >= 0.6 is 0 Å². The molecule has 1 aliphatic rings. The molecule has 0 N–H and O–H groups in total. The van der Waals surface area contributed by atoms with E-state index in [0.29, 0.717) is 20.0 Å². The summed E-state index contributed by atoms with van der Waals surface area (Å²) in [6.45, 7) is 25.8. The summed E-state index contributed by atoms with van der Waals surface area (Å²) in [6.07, 6.45) is 3.13. The molecule has 0 unspecified atom stereocenters. The third-order valence-corrected chi connectivity index (χ3v) is 11.8. The van der Waals surface area contributed by atoms with Crippen LogP contribution in [0.3, 0.4) is 0 Å². The Kier molecular flexibility index (Phi) is 9.97. The van der Waals surface area contributed by atoms with Crippen LogP contribution in [0.15, 0.2) is 24.3 Å².